The van der Waals surface area contributed by atoms with Crippen LogP contribution in [0.2, 0.25) is 0 Å². The minimum Gasteiger partial charge on any atom is -0.480 e. The average Bonchev–Trinajstić information content (AvgIpc) is 2.58. The molecule has 0 aromatic heterocycles. The molecule has 20 heavy (non-hydrogen) atoms. The Morgan fingerprint density at radius 1 is 1.45 bits per heavy atom. The van der Waals surface area contributed by atoms with Gasteiger partial charge in [0, 0.05) is 19.5 Å². The van der Waals surface area contributed by atoms with Crippen LogP contribution in [0.5, 0.6) is 0 Å². The number of urea groups is 1. The lowest BCUT2D eigenvalue weighted by Gasteiger charge is -2.22. The molecule has 0 aliphatic carbocycles. The highest BCUT2D eigenvalue weighted by Gasteiger charge is 2.25. The van der Waals surface area contributed by atoms with Gasteiger partial charge in [-0.1, -0.05) is 0 Å². The lowest BCUT2D eigenvalue weighted by molar-refractivity contribution is -0.139. The average molecular weight is 286 g/mol. The number of nitrogens with two attached hydrogens (primary N) is 1. The van der Waals surface area contributed by atoms with Crippen molar-refractivity contribution < 1.29 is 24.3 Å². The number of hydrogen-bond donors (Lipinski definition) is 4. The van der Waals surface area contributed by atoms with Crippen molar-refractivity contribution in [3.05, 3.63) is 0 Å². The zero-order chi connectivity index (χ0) is 15.1. The van der Waals surface area contributed by atoms with E-state index in [-0.39, 0.29) is 25.3 Å². The van der Waals surface area contributed by atoms with E-state index < -0.39 is 23.9 Å². The smallest absolute Gasteiger partial charge is 0.326 e. The predicted octanol–water partition coefficient (Wildman–Crippen LogP) is -1.76. The van der Waals surface area contributed by atoms with Crippen molar-refractivity contribution in [3.8, 4) is 0 Å². The Bertz CT molecular complexity index is 412. The highest BCUT2D eigenvalue weighted by molar-refractivity contribution is 5.87. The van der Waals surface area contributed by atoms with Crippen LogP contribution in [0.1, 0.15) is 19.3 Å². The van der Waals surface area contributed by atoms with Crippen LogP contribution in [-0.2, 0) is 14.4 Å². The Morgan fingerprint density at radius 2 is 2.15 bits per heavy atom. The molecule has 0 spiro atoms. The zero-order valence-corrected chi connectivity index (χ0v) is 10.9. The quantitative estimate of drug-likeness (QED) is 0.473. The van der Waals surface area contributed by atoms with Crippen LogP contribution >= 0.6 is 0 Å². The minimum absolute atomic E-state index is 0.0869. The molecule has 1 heterocycles. The van der Waals surface area contributed by atoms with Crippen LogP contribution in [0, 0.1) is 0 Å². The second kappa shape index (κ2) is 7.31. The van der Waals surface area contributed by atoms with Crippen LogP contribution in [0.3, 0.4) is 0 Å². The molecule has 1 fully saturated rings. The Labute approximate surface area is 115 Å². The highest BCUT2D eigenvalue weighted by Crippen LogP contribution is 2.02. The Hall–Kier alpha value is -2.32. The van der Waals surface area contributed by atoms with Gasteiger partial charge in [0.05, 0.1) is 0 Å². The van der Waals surface area contributed by atoms with Gasteiger partial charge in [-0.2, -0.15) is 0 Å². The van der Waals surface area contributed by atoms with Gasteiger partial charge in [0.1, 0.15) is 12.6 Å². The molecule has 9 nitrogen and oxygen atoms in total. The standard InChI is InChI=1S/C11H18N4O5/c12-8(16)3-2-7(10(18)19)14-11(20)15-5-1-4-13-9(17)6-15/h7H,1-6H2,(H2,12,16)(H,13,17)(H,14,20)(H,18,19). The van der Waals surface area contributed by atoms with Gasteiger partial charge in [-0.3, -0.25) is 9.59 Å². The van der Waals surface area contributed by atoms with E-state index in [0.717, 1.165) is 0 Å². The van der Waals surface area contributed by atoms with E-state index in [1.54, 1.807) is 0 Å². The maximum Gasteiger partial charge on any atom is 0.326 e. The maximum absolute atomic E-state index is 11.9. The van der Waals surface area contributed by atoms with E-state index in [0.29, 0.717) is 19.5 Å². The summed E-state index contributed by atoms with van der Waals surface area (Å²) in [7, 11) is 0. The Balaban J connectivity index is 2.57. The van der Waals surface area contributed by atoms with Crippen molar-refractivity contribution in [3.63, 3.8) is 0 Å². The summed E-state index contributed by atoms with van der Waals surface area (Å²) in [5.41, 5.74) is 4.95. The van der Waals surface area contributed by atoms with Crippen molar-refractivity contribution in [1.82, 2.24) is 15.5 Å². The molecule has 0 aromatic carbocycles. The minimum atomic E-state index is -1.25. The Morgan fingerprint density at radius 3 is 2.75 bits per heavy atom. The van der Waals surface area contributed by atoms with Crippen LogP contribution in [-0.4, -0.2) is 59.5 Å². The van der Waals surface area contributed by atoms with Gasteiger partial charge in [0.2, 0.25) is 11.8 Å². The number of rotatable bonds is 5. The van der Waals surface area contributed by atoms with Crippen molar-refractivity contribution >= 4 is 23.8 Å². The monoisotopic (exact) mass is 286 g/mol. The SMILES string of the molecule is NC(=O)CCC(NC(=O)N1CCCNC(=O)C1)C(=O)O. The van der Waals surface area contributed by atoms with Crippen LogP contribution < -0.4 is 16.4 Å². The van der Waals surface area contributed by atoms with Crippen LogP contribution in [0.25, 0.3) is 0 Å². The zero-order valence-electron chi connectivity index (χ0n) is 10.9. The van der Waals surface area contributed by atoms with E-state index in [1.807, 2.05) is 0 Å². The van der Waals surface area contributed by atoms with Crippen molar-refractivity contribution in [2.75, 3.05) is 19.6 Å². The first-order valence-corrected chi connectivity index (χ1v) is 6.23. The molecule has 0 bridgehead atoms. The third-order valence-corrected chi connectivity index (χ3v) is 2.82. The number of nitrogens with one attached hydrogen (secondary N) is 2. The summed E-state index contributed by atoms with van der Waals surface area (Å²) in [6, 6.07) is -1.85. The second-order valence-corrected chi connectivity index (χ2v) is 4.47. The van der Waals surface area contributed by atoms with Gasteiger partial charge in [-0.05, 0) is 12.8 Å². The highest BCUT2D eigenvalue weighted by atomic mass is 16.4. The number of nitrogens with zero attached hydrogens (tertiary/aromatic N) is 1. The number of aliphatic carboxylic acids is 1. The molecule has 9 heteroatoms. The molecule has 1 aliphatic heterocycles. The third-order valence-electron chi connectivity index (χ3n) is 2.82. The molecule has 1 aliphatic rings. The molecular weight excluding hydrogens is 268 g/mol. The van der Waals surface area contributed by atoms with Gasteiger partial charge in [0.25, 0.3) is 0 Å². The van der Waals surface area contributed by atoms with E-state index in [1.165, 1.54) is 4.90 Å². The molecule has 0 saturated carbocycles. The fourth-order valence-electron chi connectivity index (χ4n) is 1.76. The van der Waals surface area contributed by atoms with Gasteiger partial charge < -0.3 is 26.4 Å². The van der Waals surface area contributed by atoms with Gasteiger partial charge >= 0.3 is 12.0 Å². The molecule has 4 amide bonds. The number of carboxylic acids is 1. The Kier molecular flexibility index (Phi) is 5.75. The fraction of sp³-hybridized carbons (Fsp3) is 0.636. The van der Waals surface area contributed by atoms with E-state index in [2.05, 4.69) is 10.6 Å². The van der Waals surface area contributed by atoms with Crippen LogP contribution in [0.15, 0.2) is 0 Å². The summed E-state index contributed by atoms with van der Waals surface area (Å²) in [5.74, 6) is -2.18. The molecule has 1 saturated heterocycles. The summed E-state index contributed by atoms with van der Waals surface area (Å²) in [6.45, 7) is 0.716. The summed E-state index contributed by atoms with van der Waals surface area (Å²) in [6.07, 6.45) is 0.367. The van der Waals surface area contributed by atoms with E-state index in [9.17, 15) is 19.2 Å². The number of carbonyl (C=O) groups excluding carboxylic acids is 3. The lowest BCUT2D eigenvalue weighted by atomic mass is 10.1. The molecule has 5 N–H and O–H groups in total. The normalized spacial score (nSPS) is 16.8. The molecular formula is C11H18N4O5. The number of carboxylic acid groups (broad SMARTS) is 1. The first-order valence-electron chi connectivity index (χ1n) is 6.23. The third kappa shape index (κ3) is 5.12. The fourth-order valence-corrected chi connectivity index (χ4v) is 1.76. The number of hydrogen-bond acceptors (Lipinski definition) is 4. The van der Waals surface area contributed by atoms with Crippen LogP contribution in [0.4, 0.5) is 4.79 Å². The van der Waals surface area contributed by atoms with E-state index in [4.69, 9.17) is 10.8 Å². The second-order valence-electron chi connectivity index (χ2n) is 4.47. The molecule has 0 radical (unpaired) electrons. The first kappa shape index (κ1) is 15.7. The van der Waals surface area contributed by atoms with Crippen molar-refractivity contribution in [2.24, 2.45) is 5.73 Å². The molecule has 112 valence electrons. The topological polar surface area (TPSA) is 142 Å². The van der Waals surface area contributed by atoms with Gasteiger partial charge in [-0.15, -0.1) is 0 Å². The number of amides is 4. The van der Waals surface area contributed by atoms with Gasteiger partial charge in [-0.25, -0.2) is 9.59 Å². The number of primary amides is 1. The molecule has 1 unspecified atom stereocenters. The summed E-state index contributed by atoms with van der Waals surface area (Å²) in [5, 5.41) is 13.9. The summed E-state index contributed by atoms with van der Waals surface area (Å²) in [4.78, 5) is 46.1. The van der Waals surface area contributed by atoms with E-state index >= 15 is 0 Å². The maximum atomic E-state index is 11.9. The van der Waals surface area contributed by atoms with Crippen molar-refractivity contribution in [1.29, 1.82) is 0 Å². The lowest BCUT2D eigenvalue weighted by Crippen LogP contribution is -2.49. The summed E-state index contributed by atoms with van der Waals surface area (Å²) < 4.78 is 0. The first-order chi connectivity index (χ1) is 9.40. The van der Waals surface area contributed by atoms with Crippen molar-refractivity contribution in [2.45, 2.75) is 25.3 Å². The van der Waals surface area contributed by atoms with Gasteiger partial charge in [0.15, 0.2) is 0 Å². The predicted molar refractivity (Wildman–Crippen MR) is 67.6 cm³/mol. The summed E-state index contributed by atoms with van der Waals surface area (Å²) >= 11 is 0. The molecule has 1 rings (SSSR count). The number of carbonyl (C=O) groups is 4. The largest absolute Gasteiger partial charge is 0.480 e. The molecule has 1 atom stereocenters. The molecule has 0 aromatic rings.